The molecule has 0 aliphatic rings. The Bertz CT molecular complexity index is 642. The molecule has 0 radical (unpaired) electrons. The fourth-order valence-corrected chi connectivity index (χ4v) is 1.99. The minimum absolute atomic E-state index is 0.564. The molecule has 152 valence electrons. The van der Waals surface area contributed by atoms with Gasteiger partial charge >= 0.3 is 29.8 Å². The second-order valence-corrected chi connectivity index (χ2v) is 5.44. The van der Waals surface area contributed by atoms with Gasteiger partial charge in [0, 0.05) is 27.7 Å². The summed E-state index contributed by atoms with van der Waals surface area (Å²) in [4.78, 5) is 57.1. The molecule has 0 unspecified atom stereocenters. The first-order valence-corrected chi connectivity index (χ1v) is 7.46. The average molecular weight is 391 g/mol. The number of aliphatic carboxylic acids is 1. The van der Waals surface area contributed by atoms with Crippen LogP contribution in [0.2, 0.25) is 0 Å². The van der Waals surface area contributed by atoms with Crippen molar-refractivity contribution in [3.63, 3.8) is 0 Å². The van der Waals surface area contributed by atoms with Crippen molar-refractivity contribution in [3.05, 3.63) is 0 Å². The molecule has 3 atom stereocenters. The first kappa shape index (κ1) is 23.8. The summed E-state index contributed by atoms with van der Waals surface area (Å²) < 4.78 is 19.3. The minimum atomic E-state index is -2.54. The zero-order valence-corrected chi connectivity index (χ0v) is 15.4. The predicted molar refractivity (Wildman–Crippen MR) is 84.8 cm³/mol. The topological polar surface area (TPSA) is 175 Å². The van der Waals surface area contributed by atoms with Crippen LogP contribution in [0.3, 0.4) is 0 Å². The maximum Gasteiger partial charge on any atom is 0.352 e. The molecule has 0 aromatic rings. The largest absolute Gasteiger partial charge is 0.478 e. The maximum absolute atomic E-state index is 11.8. The number of hydrogen-bond donors (Lipinski definition) is 2. The molecule has 12 heteroatoms. The Hall–Kier alpha value is -3.18. The van der Waals surface area contributed by atoms with Gasteiger partial charge in [0.2, 0.25) is 5.60 Å². The molecular weight excluding hydrogens is 370 g/mol. The molecule has 0 amide bonds. The molecule has 0 aromatic carbocycles. The highest BCUT2D eigenvalue weighted by molar-refractivity contribution is 5.94. The van der Waals surface area contributed by atoms with Gasteiger partial charge in [-0.15, -0.1) is 0 Å². The van der Waals surface area contributed by atoms with Crippen LogP contribution < -0.4 is 0 Å². The second-order valence-electron chi connectivity index (χ2n) is 5.44. The predicted octanol–water partition coefficient (Wildman–Crippen LogP) is -0.350. The summed E-state index contributed by atoms with van der Waals surface area (Å²) in [7, 11) is 0. The van der Waals surface area contributed by atoms with Gasteiger partial charge in [-0.1, -0.05) is 5.16 Å². The van der Waals surface area contributed by atoms with Crippen LogP contribution in [0.15, 0.2) is 5.16 Å². The summed E-state index contributed by atoms with van der Waals surface area (Å²) in [5.41, 5.74) is -3.10. The number of carbonyl (C=O) groups is 5. The van der Waals surface area contributed by atoms with Gasteiger partial charge in [0.1, 0.15) is 12.3 Å². The number of esters is 4. The SMILES string of the molecule is CC(=O)OCC(=NO)[C@@H](OC(C)=O)[C@H](OC(C)=O)[C@@](C)(OC(C)=O)C(=O)O. The number of nitrogens with zero attached hydrogens (tertiary/aromatic N) is 1. The lowest BCUT2D eigenvalue weighted by Gasteiger charge is -2.36. The Morgan fingerprint density at radius 2 is 1.44 bits per heavy atom. The van der Waals surface area contributed by atoms with Crippen LogP contribution in [0.1, 0.15) is 34.6 Å². The summed E-state index contributed by atoms with van der Waals surface area (Å²) in [6.07, 6.45) is -3.82. The lowest BCUT2D eigenvalue weighted by Crippen LogP contribution is -2.60. The van der Waals surface area contributed by atoms with E-state index in [2.05, 4.69) is 9.89 Å². The van der Waals surface area contributed by atoms with Crippen molar-refractivity contribution in [1.82, 2.24) is 0 Å². The highest BCUT2D eigenvalue weighted by Gasteiger charge is 2.54. The minimum Gasteiger partial charge on any atom is -0.478 e. The molecule has 0 heterocycles. The standard InChI is InChI=1S/C15H21NO11/c1-7(17)24-6-11(16-23)12(25-8(2)18)13(26-9(3)19)15(5,14(21)22)27-10(4)20/h12-13,23H,6H2,1-5H3,(H,21,22)/t12-,13+,15-/m1/s1. The van der Waals surface area contributed by atoms with E-state index in [1.807, 2.05) is 0 Å². The number of carbonyl (C=O) groups excluding carboxylic acids is 4. The van der Waals surface area contributed by atoms with Crippen LogP contribution in [0.4, 0.5) is 0 Å². The van der Waals surface area contributed by atoms with Gasteiger partial charge in [-0.2, -0.15) is 0 Å². The van der Waals surface area contributed by atoms with E-state index in [9.17, 15) is 34.3 Å². The van der Waals surface area contributed by atoms with Crippen LogP contribution in [0.5, 0.6) is 0 Å². The lowest BCUT2D eigenvalue weighted by atomic mass is 9.91. The second kappa shape index (κ2) is 10.1. The highest BCUT2D eigenvalue weighted by Crippen LogP contribution is 2.26. The number of carboxylic acid groups (broad SMARTS) is 1. The van der Waals surface area contributed by atoms with Crippen molar-refractivity contribution < 1.29 is 53.2 Å². The molecule has 0 spiro atoms. The molecule has 0 aromatic heterocycles. The van der Waals surface area contributed by atoms with Gasteiger partial charge in [-0.25, -0.2) is 4.79 Å². The number of hydrogen-bond acceptors (Lipinski definition) is 11. The number of rotatable bonds is 9. The third kappa shape index (κ3) is 7.30. The van der Waals surface area contributed by atoms with Crippen LogP contribution in [0.25, 0.3) is 0 Å². The summed E-state index contributed by atoms with van der Waals surface area (Å²) in [6, 6.07) is 0. The molecule has 12 nitrogen and oxygen atoms in total. The van der Waals surface area contributed by atoms with Crippen molar-refractivity contribution in [3.8, 4) is 0 Å². The number of carboxylic acids is 1. The summed E-state index contributed by atoms with van der Waals surface area (Å²) in [5, 5.41) is 21.6. The van der Waals surface area contributed by atoms with Crippen LogP contribution in [-0.4, -0.2) is 70.3 Å². The van der Waals surface area contributed by atoms with E-state index in [-0.39, 0.29) is 0 Å². The molecule has 0 rings (SSSR count). The fraction of sp³-hybridized carbons (Fsp3) is 0.600. The molecule has 0 saturated heterocycles. The maximum atomic E-state index is 11.8. The summed E-state index contributed by atoms with van der Waals surface area (Å²) in [5.74, 6) is -5.56. The first-order valence-electron chi connectivity index (χ1n) is 7.46. The summed E-state index contributed by atoms with van der Waals surface area (Å²) in [6.45, 7) is 3.99. The van der Waals surface area contributed by atoms with E-state index in [1.54, 1.807) is 0 Å². The molecule has 0 fully saturated rings. The van der Waals surface area contributed by atoms with Crippen molar-refractivity contribution in [2.75, 3.05) is 6.61 Å². The Morgan fingerprint density at radius 3 is 1.78 bits per heavy atom. The van der Waals surface area contributed by atoms with E-state index in [0.717, 1.165) is 34.6 Å². The van der Waals surface area contributed by atoms with Crippen molar-refractivity contribution in [1.29, 1.82) is 0 Å². The Balaban J connectivity index is 6.31. The molecule has 0 bridgehead atoms. The average Bonchev–Trinajstić information content (AvgIpc) is 2.50. The van der Waals surface area contributed by atoms with Gasteiger partial charge < -0.3 is 29.3 Å². The van der Waals surface area contributed by atoms with Gasteiger partial charge in [-0.3, -0.25) is 19.2 Å². The molecule has 0 saturated carbocycles. The smallest absolute Gasteiger partial charge is 0.352 e. The number of ether oxygens (including phenoxy) is 4. The third-order valence-corrected chi connectivity index (χ3v) is 3.06. The van der Waals surface area contributed by atoms with Crippen molar-refractivity contribution in [2.24, 2.45) is 5.16 Å². The third-order valence-electron chi connectivity index (χ3n) is 3.06. The van der Waals surface area contributed by atoms with Crippen LogP contribution in [0, 0.1) is 0 Å². The van der Waals surface area contributed by atoms with E-state index in [4.69, 9.17) is 14.2 Å². The lowest BCUT2D eigenvalue weighted by molar-refractivity contribution is -0.205. The molecule has 0 aliphatic heterocycles. The Kier molecular flexibility index (Phi) is 8.90. The Morgan fingerprint density at radius 1 is 0.926 bits per heavy atom. The molecule has 2 N–H and O–H groups in total. The Labute approximate surface area is 154 Å². The van der Waals surface area contributed by atoms with Gasteiger partial charge in [0.25, 0.3) is 0 Å². The monoisotopic (exact) mass is 391 g/mol. The van der Waals surface area contributed by atoms with Gasteiger partial charge in [-0.05, 0) is 6.92 Å². The van der Waals surface area contributed by atoms with E-state index in [1.165, 1.54) is 0 Å². The molecular formula is C15H21NO11. The highest BCUT2D eigenvalue weighted by atomic mass is 16.6. The van der Waals surface area contributed by atoms with Crippen molar-refractivity contribution >= 4 is 35.6 Å². The van der Waals surface area contributed by atoms with Crippen molar-refractivity contribution in [2.45, 2.75) is 52.4 Å². The van der Waals surface area contributed by atoms with Crippen LogP contribution in [-0.2, 0) is 42.9 Å². The molecule has 27 heavy (non-hydrogen) atoms. The van der Waals surface area contributed by atoms with Crippen LogP contribution >= 0.6 is 0 Å². The van der Waals surface area contributed by atoms with Gasteiger partial charge in [0.05, 0.1) is 0 Å². The van der Waals surface area contributed by atoms with E-state index >= 15 is 0 Å². The number of oxime groups is 1. The normalized spacial score (nSPS) is 15.5. The van der Waals surface area contributed by atoms with E-state index < -0.39 is 60.0 Å². The van der Waals surface area contributed by atoms with Gasteiger partial charge in [0.15, 0.2) is 12.2 Å². The quantitative estimate of drug-likeness (QED) is 0.173. The fourth-order valence-electron chi connectivity index (χ4n) is 1.99. The first-order chi connectivity index (χ1) is 12.3. The summed E-state index contributed by atoms with van der Waals surface area (Å²) >= 11 is 0. The zero-order chi connectivity index (χ0) is 21.4. The zero-order valence-electron chi connectivity index (χ0n) is 15.4. The van der Waals surface area contributed by atoms with E-state index in [0.29, 0.717) is 0 Å². The molecule has 0 aliphatic carbocycles.